The molecule has 6 heteroatoms. The van der Waals surface area contributed by atoms with Gasteiger partial charge < -0.3 is 19.5 Å². The van der Waals surface area contributed by atoms with Gasteiger partial charge in [-0.15, -0.1) is 0 Å². The molecule has 6 nitrogen and oxygen atoms in total. The number of amides is 1. The molecule has 30 heavy (non-hydrogen) atoms. The summed E-state index contributed by atoms with van der Waals surface area (Å²) in [6.45, 7) is 0. The van der Waals surface area contributed by atoms with Crippen LogP contribution in [0.25, 0.3) is 6.08 Å². The molecule has 0 aliphatic carbocycles. The lowest BCUT2D eigenvalue weighted by Gasteiger charge is -2.07. The smallest absolute Gasteiger partial charge is 0.336 e. The second-order valence-corrected chi connectivity index (χ2v) is 6.23. The van der Waals surface area contributed by atoms with Gasteiger partial charge in [-0.1, -0.05) is 12.1 Å². The van der Waals surface area contributed by atoms with Gasteiger partial charge in [0.1, 0.15) is 17.2 Å². The molecule has 1 N–H and O–H groups in total. The molecule has 0 heterocycles. The number of methoxy groups -OCH3 is 2. The van der Waals surface area contributed by atoms with Gasteiger partial charge in [-0.05, 0) is 72.3 Å². The quantitative estimate of drug-likeness (QED) is 0.355. The Morgan fingerprint density at radius 1 is 0.733 bits per heavy atom. The van der Waals surface area contributed by atoms with Crippen LogP contribution >= 0.6 is 0 Å². The Morgan fingerprint density at radius 3 is 1.83 bits per heavy atom. The molecule has 1 amide bonds. The first-order valence-corrected chi connectivity index (χ1v) is 9.17. The molecular formula is C24H21NO5. The van der Waals surface area contributed by atoms with Gasteiger partial charge in [0.05, 0.1) is 14.2 Å². The van der Waals surface area contributed by atoms with Crippen LogP contribution in [0, 0.1) is 0 Å². The number of carbonyl (C=O) groups is 2. The van der Waals surface area contributed by atoms with Crippen molar-refractivity contribution >= 4 is 23.6 Å². The maximum atomic E-state index is 12.3. The second kappa shape index (κ2) is 9.93. The molecule has 3 aromatic rings. The van der Waals surface area contributed by atoms with Gasteiger partial charge in [0, 0.05) is 17.3 Å². The number of ether oxygens (including phenoxy) is 3. The molecule has 152 valence electrons. The monoisotopic (exact) mass is 403 g/mol. The minimum atomic E-state index is -0.513. The lowest BCUT2D eigenvalue weighted by atomic mass is 10.2. The van der Waals surface area contributed by atoms with Crippen molar-refractivity contribution in [1.29, 1.82) is 0 Å². The van der Waals surface area contributed by atoms with Crippen molar-refractivity contribution < 1.29 is 23.8 Å². The van der Waals surface area contributed by atoms with E-state index >= 15 is 0 Å². The molecular weight excluding hydrogens is 382 g/mol. The molecule has 0 aliphatic rings. The lowest BCUT2D eigenvalue weighted by molar-refractivity contribution is -0.128. The largest absolute Gasteiger partial charge is 0.497 e. The molecule has 0 bridgehead atoms. The van der Waals surface area contributed by atoms with Gasteiger partial charge in [-0.2, -0.15) is 0 Å². The Hall–Kier alpha value is -4.06. The van der Waals surface area contributed by atoms with Crippen LogP contribution in [0.3, 0.4) is 0 Å². The average Bonchev–Trinajstić information content (AvgIpc) is 2.79. The highest BCUT2D eigenvalue weighted by Gasteiger charge is 2.08. The third kappa shape index (κ3) is 5.72. The summed E-state index contributed by atoms with van der Waals surface area (Å²) in [6, 6.07) is 20.6. The summed E-state index contributed by atoms with van der Waals surface area (Å²) >= 11 is 0. The van der Waals surface area contributed by atoms with Crippen molar-refractivity contribution in [3.63, 3.8) is 0 Å². The first kappa shape index (κ1) is 20.7. The number of carbonyl (C=O) groups excluding carboxylic acids is 2. The predicted molar refractivity (Wildman–Crippen MR) is 115 cm³/mol. The van der Waals surface area contributed by atoms with E-state index in [1.54, 1.807) is 81.0 Å². The first-order valence-electron chi connectivity index (χ1n) is 9.17. The Labute approximate surface area is 174 Å². The highest BCUT2D eigenvalue weighted by molar-refractivity contribution is 6.04. The van der Waals surface area contributed by atoms with Crippen molar-refractivity contribution in [2.75, 3.05) is 19.5 Å². The van der Waals surface area contributed by atoms with E-state index in [4.69, 9.17) is 14.2 Å². The van der Waals surface area contributed by atoms with Gasteiger partial charge in [-0.3, -0.25) is 4.79 Å². The minimum absolute atomic E-state index is 0.266. The van der Waals surface area contributed by atoms with E-state index in [0.29, 0.717) is 22.7 Å². The molecule has 0 radical (unpaired) electrons. The average molecular weight is 403 g/mol. The maximum absolute atomic E-state index is 12.3. The van der Waals surface area contributed by atoms with E-state index in [2.05, 4.69) is 5.32 Å². The topological polar surface area (TPSA) is 73.9 Å². The minimum Gasteiger partial charge on any atom is -0.497 e. The highest BCUT2D eigenvalue weighted by atomic mass is 16.5. The Bertz CT molecular complexity index is 1020. The second-order valence-electron chi connectivity index (χ2n) is 6.23. The number of esters is 1. The van der Waals surface area contributed by atoms with Crippen molar-refractivity contribution in [3.05, 3.63) is 90.0 Å². The van der Waals surface area contributed by atoms with E-state index < -0.39 is 5.97 Å². The molecule has 0 saturated carbocycles. The van der Waals surface area contributed by atoms with Gasteiger partial charge in [0.25, 0.3) is 5.91 Å². The van der Waals surface area contributed by atoms with Crippen LogP contribution in [0.15, 0.2) is 78.9 Å². The fourth-order valence-electron chi connectivity index (χ4n) is 2.58. The number of hydrogen-bond donors (Lipinski definition) is 1. The van der Waals surface area contributed by atoms with Crippen molar-refractivity contribution in [2.45, 2.75) is 0 Å². The molecule has 0 aromatic heterocycles. The number of benzene rings is 3. The summed E-state index contributed by atoms with van der Waals surface area (Å²) in [7, 11) is 3.17. The summed E-state index contributed by atoms with van der Waals surface area (Å²) in [4.78, 5) is 24.3. The predicted octanol–water partition coefficient (Wildman–Crippen LogP) is 4.57. The molecule has 3 aromatic carbocycles. The van der Waals surface area contributed by atoms with E-state index in [1.165, 1.54) is 6.08 Å². The fraction of sp³-hybridized carbons (Fsp3) is 0.0833. The molecule has 0 fully saturated rings. The number of rotatable bonds is 7. The Balaban J connectivity index is 1.55. The van der Waals surface area contributed by atoms with Crippen LogP contribution in [0.4, 0.5) is 5.69 Å². The number of hydrogen-bond acceptors (Lipinski definition) is 5. The van der Waals surface area contributed by atoms with Gasteiger partial charge in [-0.25, -0.2) is 4.79 Å². The molecule has 0 unspecified atom stereocenters. The summed E-state index contributed by atoms with van der Waals surface area (Å²) in [5.41, 5.74) is 1.94. The number of anilines is 1. The van der Waals surface area contributed by atoms with E-state index in [9.17, 15) is 9.59 Å². The van der Waals surface area contributed by atoms with Crippen molar-refractivity contribution in [3.8, 4) is 17.2 Å². The summed E-state index contributed by atoms with van der Waals surface area (Å²) < 4.78 is 15.4. The van der Waals surface area contributed by atoms with E-state index in [-0.39, 0.29) is 5.91 Å². The third-order valence-electron chi connectivity index (χ3n) is 4.21. The van der Waals surface area contributed by atoms with Gasteiger partial charge >= 0.3 is 5.97 Å². The molecule has 0 spiro atoms. The maximum Gasteiger partial charge on any atom is 0.336 e. The zero-order chi connectivity index (χ0) is 21.3. The zero-order valence-corrected chi connectivity index (χ0v) is 16.6. The first-order chi connectivity index (χ1) is 14.6. The van der Waals surface area contributed by atoms with Crippen molar-refractivity contribution in [1.82, 2.24) is 0 Å². The van der Waals surface area contributed by atoms with Gasteiger partial charge in [0.15, 0.2) is 0 Å². The van der Waals surface area contributed by atoms with Crippen LogP contribution in [-0.4, -0.2) is 26.1 Å². The molecule has 3 rings (SSSR count). The summed E-state index contributed by atoms with van der Waals surface area (Å²) in [5, 5.41) is 2.79. The SMILES string of the molecule is COc1ccc(/C=C/C(=O)Oc2ccc(C(=O)Nc3ccc(OC)cc3)cc2)cc1. The van der Waals surface area contributed by atoms with Crippen molar-refractivity contribution in [2.24, 2.45) is 0 Å². The zero-order valence-electron chi connectivity index (χ0n) is 16.6. The Kier molecular flexibility index (Phi) is 6.84. The third-order valence-corrected chi connectivity index (χ3v) is 4.21. The molecule has 0 aliphatic heterocycles. The van der Waals surface area contributed by atoms with Crippen LogP contribution in [0.5, 0.6) is 17.2 Å². The molecule has 0 atom stereocenters. The Morgan fingerprint density at radius 2 is 1.27 bits per heavy atom. The highest BCUT2D eigenvalue weighted by Crippen LogP contribution is 2.18. The fourth-order valence-corrected chi connectivity index (χ4v) is 2.58. The van der Waals surface area contributed by atoms with Crippen LogP contribution in [0.1, 0.15) is 15.9 Å². The van der Waals surface area contributed by atoms with Crippen LogP contribution in [0.2, 0.25) is 0 Å². The molecule has 0 saturated heterocycles. The summed E-state index contributed by atoms with van der Waals surface area (Å²) in [6.07, 6.45) is 2.99. The number of nitrogens with one attached hydrogen (secondary N) is 1. The van der Waals surface area contributed by atoms with Gasteiger partial charge in [0.2, 0.25) is 0 Å². The van der Waals surface area contributed by atoms with Crippen LogP contribution < -0.4 is 19.5 Å². The van der Waals surface area contributed by atoms with E-state index in [1.807, 2.05) is 12.1 Å². The standard InChI is InChI=1S/C24H21NO5/c1-28-20-10-3-17(4-11-20)5-16-23(26)30-22-12-6-18(7-13-22)24(27)25-19-8-14-21(29-2)15-9-19/h3-16H,1-2H3,(H,25,27)/b16-5+. The van der Waals surface area contributed by atoms with Crippen LogP contribution in [-0.2, 0) is 4.79 Å². The normalized spacial score (nSPS) is 10.5. The summed E-state index contributed by atoms with van der Waals surface area (Å²) in [5.74, 6) is 1.02. The lowest BCUT2D eigenvalue weighted by Crippen LogP contribution is -2.12. The van der Waals surface area contributed by atoms with E-state index in [0.717, 1.165) is 11.3 Å².